The van der Waals surface area contributed by atoms with Gasteiger partial charge in [0, 0.05) is 21.4 Å². The Morgan fingerprint density at radius 2 is 1.42 bits per heavy atom. The smallest absolute Gasteiger partial charge is 0.270 e. The van der Waals surface area contributed by atoms with Gasteiger partial charge in [-0.1, -0.05) is 60.7 Å². The predicted octanol–water partition coefficient (Wildman–Crippen LogP) is 5.40. The summed E-state index contributed by atoms with van der Waals surface area (Å²) in [4.78, 5) is 10.5. The molecule has 3 aromatic rings. The van der Waals surface area contributed by atoms with Crippen LogP contribution in [-0.4, -0.2) is 4.92 Å². The van der Waals surface area contributed by atoms with Crippen LogP contribution in [0.5, 0.6) is 0 Å². The molecule has 0 saturated carbocycles. The molecule has 1 N–H and O–H groups in total. The molecule has 0 amide bonds. The number of hydrogen-bond donors (Lipinski definition) is 1. The van der Waals surface area contributed by atoms with Gasteiger partial charge in [-0.2, -0.15) is 0 Å². The highest BCUT2D eigenvalue weighted by atomic mass is 127. The predicted molar refractivity (Wildman–Crippen MR) is 104 cm³/mol. The molecule has 3 aromatic carbocycles. The van der Waals surface area contributed by atoms with E-state index >= 15 is 0 Å². The second-order valence-corrected chi connectivity index (χ2v) is 6.48. The van der Waals surface area contributed by atoms with Gasteiger partial charge in [-0.15, -0.1) is 0 Å². The first-order valence-corrected chi connectivity index (χ1v) is 8.53. The zero-order valence-electron chi connectivity index (χ0n) is 12.7. The van der Waals surface area contributed by atoms with Crippen molar-refractivity contribution in [2.45, 2.75) is 6.04 Å². The molecule has 0 bridgehead atoms. The first-order valence-electron chi connectivity index (χ1n) is 7.45. The van der Waals surface area contributed by atoms with Crippen LogP contribution in [0.2, 0.25) is 0 Å². The Hall–Kier alpha value is -2.41. The van der Waals surface area contributed by atoms with Crippen molar-refractivity contribution in [3.63, 3.8) is 0 Å². The third-order valence-corrected chi connectivity index (χ3v) is 4.62. The van der Waals surface area contributed by atoms with Crippen molar-refractivity contribution in [3.05, 3.63) is 104 Å². The maximum Gasteiger partial charge on any atom is 0.270 e. The largest absolute Gasteiger partial charge is 0.373 e. The Morgan fingerprint density at radius 1 is 0.875 bits per heavy atom. The average Bonchev–Trinajstić information content (AvgIpc) is 2.62. The lowest BCUT2D eigenvalue weighted by Gasteiger charge is -2.22. The van der Waals surface area contributed by atoms with Crippen molar-refractivity contribution >= 4 is 34.0 Å². The Labute approximate surface area is 153 Å². The van der Waals surface area contributed by atoms with E-state index in [0.717, 1.165) is 20.4 Å². The van der Waals surface area contributed by atoms with Crippen molar-refractivity contribution < 1.29 is 4.92 Å². The molecule has 5 heteroatoms. The number of benzene rings is 3. The standard InChI is InChI=1S/C19H15IN2O2/c20-17-13-16(22(23)24)11-12-18(17)21-19(14-7-3-1-4-8-14)15-9-5-2-6-10-15/h1-13,19,21H. The van der Waals surface area contributed by atoms with Gasteiger partial charge in [0.05, 0.1) is 11.0 Å². The summed E-state index contributed by atoms with van der Waals surface area (Å²) in [5.41, 5.74) is 3.25. The number of anilines is 1. The van der Waals surface area contributed by atoms with E-state index in [1.54, 1.807) is 12.1 Å². The maximum atomic E-state index is 10.9. The number of hydrogen-bond acceptors (Lipinski definition) is 3. The highest BCUT2D eigenvalue weighted by molar-refractivity contribution is 14.1. The molecule has 120 valence electrons. The second-order valence-electron chi connectivity index (χ2n) is 5.32. The fraction of sp³-hybridized carbons (Fsp3) is 0.0526. The molecule has 0 aliphatic heterocycles. The third-order valence-electron chi connectivity index (χ3n) is 3.73. The van der Waals surface area contributed by atoms with E-state index in [1.165, 1.54) is 6.07 Å². The molecule has 4 nitrogen and oxygen atoms in total. The SMILES string of the molecule is O=[N+]([O-])c1ccc(NC(c2ccccc2)c2ccccc2)c(I)c1. The highest BCUT2D eigenvalue weighted by Gasteiger charge is 2.16. The number of nitrogens with zero attached hydrogens (tertiary/aromatic N) is 1. The average molecular weight is 430 g/mol. The minimum atomic E-state index is -0.377. The lowest BCUT2D eigenvalue weighted by molar-refractivity contribution is -0.384. The molecule has 24 heavy (non-hydrogen) atoms. The van der Waals surface area contributed by atoms with Gasteiger partial charge in [0.15, 0.2) is 0 Å². The third kappa shape index (κ3) is 3.73. The molecule has 0 aliphatic carbocycles. The Kier molecular flexibility index (Phi) is 5.10. The topological polar surface area (TPSA) is 55.2 Å². The van der Waals surface area contributed by atoms with E-state index in [4.69, 9.17) is 0 Å². The summed E-state index contributed by atoms with van der Waals surface area (Å²) in [6, 6.07) is 25.1. The molecule has 0 heterocycles. The van der Waals surface area contributed by atoms with Crippen LogP contribution < -0.4 is 5.32 Å². The van der Waals surface area contributed by atoms with Crippen LogP contribution in [0.15, 0.2) is 78.9 Å². The summed E-state index contributed by atoms with van der Waals surface area (Å²) in [5, 5.41) is 14.4. The Bertz CT molecular complexity index is 799. The molecule has 0 radical (unpaired) electrons. The minimum Gasteiger partial charge on any atom is -0.373 e. The molecule has 0 atom stereocenters. The summed E-state index contributed by atoms with van der Waals surface area (Å²) in [6.45, 7) is 0. The van der Waals surface area contributed by atoms with Crippen molar-refractivity contribution in [2.24, 2.45) is 0 Å². The molecule has 0 saturated heterocycles. The zero-order chi connectivity index (χ0) is 16.9. The van der Waals surface area contributed by atoms with E-state index in [-0.39, 0.29) is 16.7 Å². The fourth-order valence-electron chi connectivity index (χ4n) is 2.54. The van der Waals surface area contributed by atoms with Crippen molar-refractivity contribution in [3.8, 4) is 0 Å². The van der Waals surface area contributed by atoms with Crippen LogP contribution in [-0.2, 0) is 0 Å². The van der Waals surface area contributed by atoms with E-state index in [1.807, 2.05) is 36.4 Å². The van der Waals surface area contributed by atoms with Gasteiger partial charge in [-0.25, -0.2) is 0 Å². The van der Waals surface area contributed by atoms with Gasteiger partial charge >= 0.3 is 0 Å². The zero-order valence-corrected chi connectivity index (χ0v) is 14.9. The minimum absolute atomic E-state index is 0.0256. The number of non-ortho nitro benzene ring substituents is 1. The number of nitro benzene ring substituents is 1. The molecular weight excluding hydrogens is 415 g/mol. The van der Waals surface area contributed by atoms with Crippen LogP contribution in [0, 0.1) is 13.7 Å². The number of nitro groups is 1. The summed E-state index contributed by atoms with van der Waals surface area (Å²) in [5.74, 6) is 0. The van der Waals surface area contributed by atoms with Gasteiger partial charge in [-0.3, -0.25) is 10.1 Å². The molecule has 0 unspecified atom stereocenters. The summed E-state index contributed by atoms with van der Waals surface area (Å²) in [7, 11) is 0. The first-order chi connectivity index (χ1) is 11.6. The summed E-state index contributed by atoms with van der Waals surface area (Å²) < 4.78 is 0.818. The lowest BCUT2D eigenvalue weighted by atomic mass is 9.98. The Morgan fingerprint density at radius 3 is 1.88 bits per heavy atom. The van der Waals surface area contributed by atoms with Gasteiger partial charge < -0.3 is 5.32 Å². The monoisotopic (exact) mass is 430 g/mol. The normalized spacial score (nSPS) is 10.6. The number of rotatable bonds is 5. The van der Waals surface area contributed by atoms with E-state index in [9.17, 15) is 10.1 Å². The molecule has 3 rings (SSSR count). The Balaban J connectivity index is 1.97. The summed E-state index contributed by atoms with van der Waals surface area (Å²) >= 11 is 2.12. The van der Waals surface area contributed by atoms with Crippen LogP contribution >= 0.6 is 22.6 Å². The molecular formula is C19H15IN2O2. The molecule has 0 aromatic heterocycles. The van der Waals surface area contributed by atoms with Gasteiger partial charge in [0.2, 0.25) is 0 Å². The van der Waals surface area contributed by atoms with E-state index in [0.29, 0.717) is 0 Å². The van der Waals surface area contributed by atoms with Gasteiger partial charge in [0.1, 0.15) is 0 Å². The fourth-order valence-corrected chi connectivity index (χ4v) is 3.19. The van der Waals surface area contributed by atoms with Crippen LogP contribution in [0.25, 0.3) is 0 Å². The molecule has 0 fully saturated rings. The van der Waals surface area contributed by atoms with Crippen molar-refractivity contribution in [1.82, 2.24) is 0 Å². The van der Waals surface area contributed by atoms with Crippen molar-refractivity contribution in [2.75, 3.05) is 5.32 Å². The quantitative estimate of drug-likeness (QED) is 0.335. The van der Waals surface area contributed by atoms with E-state index < -0.39 is 0 Å². The molecule has 0 aliphatic rings. The lowest BCUT2D eigenvalue weighted by Crippen LogP contribution is -2.13. The first kappa shape index (κ1) is 16.4. The summed E-state index contributed by atoms with van der Waals surface area (Å²) in [6.07, 6.45) is 0. The van der Waals surface area contributed by atoms with Crippen LogP contribution in [0.1, 0.15) is 17.2 Å². The van der Waals surface area contributed by atoms with Crippen molar-refractivity contribution in [1.29, 1.82) is 0 Å². The number of nitrogens with one attached hydrogen (secondary N) is 1. The maximum absolute atomic E-state index is 10.9. The van der Waals surface area contributed by atoms with E-state index in [2.05, 4.69) is 52.2 Å². The van der Waals surface area contributed by atoms with Gasteiger partial charge in [0.25, 0.3) is 5.69 Å². The van der Waals surface area contributed by atoms with Crippen LogP contribution in [0.4, 0.5) is 11.4 Å². The van der Waals surface area contributed by atoms with Gasteiger partial charge in [-0.05, 0) is 39.8 Å². The van der Waals surface area contributed by atoms with Crippen LogP contribution in [0.3, 0.4) is 0 Å². The number of halogens is 1. The second kappa shape index (κ2) is 7.44. The highest BCUT2D eigenvalue weighted by Crippen LogP contribution is 2.30. The molecule has 0 spiro atoms.